The SMILES string of the molecule is C=CCCCOC(=O)[C@@H]1[C@H]2C(=O)N([C@@H](CO)CC(C)C)C(C(=O)N(CC=C)C(C)CCC)C23CC(C)[C@@]1(C)O3. The summed E-state index contributed by atoms with van der Waals surface area (Å²) in [6.07, 6.45) is 7.58. The van der Waals surface area contributed by atoms with Crippen molar-refractivity contribution in [3.63, 3.8) is 0 Å². The molecule has 3 aliphatic rings. The van der Waals surface area contributed by atoms with E-state index in [2.05, 4.69) is 20.1 Å². The minimum atomic E-state index is -1.16. The number of likely N-dealkylation sites (tertiary alicyclic amines) is 1. The fraction of sp³-hybridized carbons (Fsp3) is 0.774. The van der Waals surface area contributed by atoms with Gasteiger partial charge in [-0.2, -0.15) is 0 Å². The Balaban J connectivity index is 2.12. The molecule has 3 aliphatic heterocycles. The summed E-state index contributed by atoms with van der Waals surface area (Å²) in [7, 11) is 0. The third-order valence-electron chi connectivity index (χ3n) is 9.23. The van der Waals surface area contributed by atoms with Gasteiger partial charge in [0.05, 0.1) is 30.8 Å². The van der Waals surface area contributed by atoms with Crippen molar-refractivity contribution in [2.75, 3.05) is 19.8 Å². The van der Waals surface area contributed by atoms with Gasteiger partial charge in [-0.3, -0.25) is 14.4 Å². The summed E-state index contributed by atoms with van der Waals surface area (Å²) < 4.78 is 12.5. The summed E-state index contributed by atoms with van der Waals surface area (Å²) in [5, 5.41) is 10.5. The molecule has 0 saturated carbocycles. The Morgan fingerprint density at radius 1 is 1.28 bits per heavy atom. The smallest absolute Gasteiger partial charge is 0.312 e. The van der Waals surface area contributed by atoms with Crippen LogP contribution in [0.5, 0.6) is 0 Å². The van der Waals surface area contributed by atoms with Crippen LogP contribution in [0.4, 0.5) is 0 Å². The molecule has 0 aliphatic carbocycles. The highest BCUT2D eigenvalue weighted by molar-refractivity contribution is 5.99. The number of aliphatic hydroxyl groups is 1. The molecule has 0 aromatic rings. The number of hydrogen-bond acceptors (Lipinski definition) is 6. The number of amides is 2. The second-order valence-corrected chi connectivity index (χ2v) is 12.4. The van der Waals surface area contributed by atoms with Crippen LogP contribution in [-0.4, -0.2) is 81.8 Å². The fourth-order valence-electron chi connectivity index (χ4n) is 7.37. The molecule has 8 heteroatoms. The highest BCUT2D eigenvalue weighted by atomic mass is 16.6. The first-order valence-electron chi connectivity index (χ1n) is 14.8. The molecule has 3 saturated heterocycles. The first kappa shape index (κ1) is 31.3. The van der Waals surface area contributed by atoms with Gasteiger partial charge >= 0.3 is 5.97 Å². The number of carbonyl (C=O) groups excluding carboxylic acids is 3. The van der Waals surface area contributed by atoms with E-state index in [0.29, 0.717) is 25.8 Å². The Kier molecular flexibility index (Phi) is 10.1. The van der Waals surface area contributed by atoms with Crippen LogP contribution in [-0.2, 0) is 23.9 Å². The van der Waals surface area contributed by atoms with E-state index < -0.39 is 41.1 Å². The maximum absolute atomic E-state index is 14.6. The zero-order valence-corrected chi connectivity index (χ0v) is 24.9. The average Bonchev–Trinajstić information content (AvgIpc) is 3.39. The molecular weight excluding hydrogens is 496 g/mol. The summed E-state index contributed by atoms with van der Waals surface area (Å²) in [6.45, 7) is 20.0. The minimum absolute atomic E-state index is 0.0668. The maximum Gasteiger partial charge on any atom is 0.312 e. The van der Waals surface area contributed by atoms with E-state index in [-0.39, 0.29) is 42.9 Å². The fourth-order valence-corrected chi connectivity index (χ4v) is 7.37. The Morgan fingerprint density at radius 3 is 2.54 bits per heavy atom. The summed E-state index contributed by atoms with van der Waals surface area (Å²) in [6, 6.07) is -1.57. The maximum atomic E-state index is 14.6. The van der Waals surface area contributed by atoms with Gasteiger partial charge in [-0.25, -0.2) is 0 Å². The van der Waals surface area contributed by atoms with Gasteiger partial charge < -0.3 is 24.4 Å². The number of carbonyl (C=O) groups is 3. The largest absolute Gasteiger partial charge is 0.465 e. The van der Waals surface area contributed by atoms with E-state index >= 15 is 0 Å². The Bertz CT molecular complexity index is 936. The van der Waals surface area contributed by atoms with Crippen LogP contribution in [0.15, 0.2) is 25.3 Å². The van der Waals surface area contributed by atoms with Gasteiger partial charge in [-0.15, -0.1) is 13.2 Å². The predicted molar refractivity (Wildman–Crippen MR) is 151 cm³/mol. The van der Waals surface area contributed by atoms with Crippen molar-refractivity contribution in [1.82, 2.24) is 9.80 Å². The van der Waals surface area contributed by atoms with Gasteiger partial charge in [0.25, 0.3) is 0 Å². The van der Waals surface area contributed by atoms with Crippen molar-refractivity contribution < 1.29 is 29.0 Å². The zero-order valence-electron chi connectivity index (χ0n) is 24.9. The molecule has 3 fully saturated rings. The van der Waals surface area contributed by atoms with Crippen LogP contribution in [0.1, 0.15) is 80.1 Å². The number of nitrogens with zero attached hydrogens (tertiary/aromatic N) is 2. The normalized spacial score (nSPS) is 32.7. The molecular formula is C31H50N2O6. The van der Waals surface area contributed by atoms with Crippen LogP contribution in [0.25, 0.3) is 0 Å². The number of esters is 1. The van der Waals surface area contributed by atoms with Gasteiger partial charge in [0, 0.05) is 12.6 Å². The second kappa shape index (κ2) is 12.5. The van der Waals surface area contributed by atoms with Crippen LogP contribution < -0.4 is 0 Å². The lowest BCUT2D eigenvalue weighted by Crippen LogP contribution is -2.60. The molecule has 8 atom stereocenters. The van der Waals surface area contributed by atoms with Crippen LogP contribution >= 0.6 is 0 Å². The summed E-state index contributed by atoms with van der Waals surface area (Å²) in [5.41, 5.74) is -2.09. The monoisotopic (exact) mass is 546 g/mol. The lowest BCUT2D eigenvalue weighted by Gasteiger charge is -2.41. The lowest BCUT2D eigenvalue weighted by molar-refractivity contribution is -0.164. The number of fused-ring (bicyclic) bond motifs is 1. The molecule has 1 spiro atoms. The van der Waals surface area contributed by atoms with Gasteiger partial charge in [0.15, 0.2) is 0 Å². The highest BCUT2D eigenvalue weighted by Crippen LogP contribution is 2.65. The number of rotatable bonds is 15. The highest BCUT2D eigenvalue weighted by Gasteiger charge is 2.80. The average molecular weight is 547 g/mol. The van der Waals surface area contributed by atoms with E-state index in [0.717, 1.165) is 19.3 Å². The van der Waals surface area contributed by atoms with Gasteiger partial charge in [-0.05, 0) is 57.8 Å². The van der Waals surface area contributed by atoms with Gasteiger partial charge in [0.2, 0.25) is 11.8 Å². The van der Waals surface area contributed by atoms with Crippen molar-refractivity contribution >= 4 is 17.8 Å². The van der Waals surface area contributed by atoms with Crippen molar-refractivity contribution in [2.24, 2.45) is 23.7 Å². The second-order valence-electron chi connectivity index (χ2n) is 12.4. The molecule has 3 heterocycles. The molecule has 1 N–H and O–H groups in total. The molecule has 3 rings (SSSR count). The van der Waals surface area contributed by atoms with E-state index in [9.17, 15) is 19.5 Å². The Morgan fingerprint density at radius 2 is 1.97 bits per heavy atom. The summed E-state index contributed by atoms with van der Waals surface area (Å²) in [4.78, 5) is 45.9. The number of aliphatic hydroxyl groups excluding tert-OH is 1. The van der Waals surface area contributed by atoms with Crippen molar-refractivity contribution in [1.29, 1.82) is 0 Å². The third kappa shape index (κ3) is 5.43. The Labute approximate surface area is 234 Å². The lowest BCUT2D eigenvalue weighted by atomic mass is 9.62. The quantitative estimate of drug-likeness (QED) is 0.189. The van der Waals surface area contributed by atoms with Crippen LogP contribution in [0.2, 0.25) is 0 Å². The predicted octanol–water partition coefficient (Wildman–Crippen LogP) is 4.12. The minimum Gasteiger partial charge on any atom is -0.465 e. The molecule has 4 unspecified atom stereocenters. The molecule has 0 aromatic carbocycles. The van der Waals surface area contributed by atoms with Crippen LogP contribution in [0.3, 0.4) is 0 Å². The molecule has 2 amide bonds. The van der Waals surface area contributed by atoms with E-state index in [1.165, 1.54) is 0 Å². The first-order valence-corrected chi connectivity index (χ1v) is 14.8. The number of unbranched alkanes of at least 4 members (excludes halogenated alkanes) is 1. The molecule has 0 radical (unpaired) electrons. The topological polar surface area (TPSA) is 96.4 Å². The zero-order chi connectivity index (χ0) is 29.1. The number of allylic oxidation sites excluding steroid dienone is 1. The third-order valence-corrected chi connectivity index (χ3v) is 9.23. The van der Waals surface area contributed by atoms with Crippen LogP contribution in [0, 0.1) is 23.7 Å². The van der Waals surface area contributed by atoms with E-state index in [1.807, 2.05) is 34.6 Å². The number of hydrogen-bond donors (Lipinski definition) is 1. The Hall–Kier alpha value is -2.19. The van der Waals surface area contributed by atoms with Gasteiger partial charge in [-0.1, -0.05) is 46.3 Å². The molecule has 2 bridgehead atoms. The van der Waals surface area contributed by atoms with E-state index in [4.69, 9.17) is 9.47 Å². The molecule has 0 aromatic heterocycles. The first-order chi connectivity index (χ1) is 18.4. The molecule has 8 nitrogen and oxygen atoms in total. The van der Waals surface area contributed by atoms with Crippen molar-refractivity contribution in [3.05, 3.63) is 25.3 Å². The summed E-state index contributed by atoms with van der Waals surface area (Å²) >= 11 is 0. The van der Waals surface area contributed by atoms with E-state index in [1.54, 1.807) is 22.0 Å². The number of ether oxygens (including phenoxy) is 2. The standard InChI is InChI=1S/C31H50N2O6/c1-9-12-13-16-38-29(37)25-24-27(35)33(23(19-34)17-20(4)5)26(31(24)18-21(6)30(25,8)39-31)28(36)32(15-11-3)22(7)14-10-2/h9,11,20-26,34H,1,3,10,12-19H2,2,4-8H3/t21?,22?,23-,24+,25+,26?,30-,31?/m1/s1. The van der Waals surface area contributed by atoms with Crippen molar-refractivity contribution in [3.8, 4) is 0 Å². The molecule has 220 valence electrons. The molecule has 39 heavy (non-hydrogen) atoms. The summed E-state index contributed by atoms with van der Waals surface area (Å²) in [5.74, 6) is -2.49. The van der Waals surface area contributed by atoms with Crippen molar-refractivity contribution in [2.45, 2.75) is 109 Å². The van der Waals surface area contributed by atoms with Gasteiger partial charge in [0.1, 0.15) is 17.6 Å².